The summed E-state index contributed by atoms with van der Waals surface area (Å²) in [5.74, 6) is 0.532. The van der Waals surface area contributed by atoms with E-state index in [1.807, 2.05) is 0 Å². The second kappa shape index (κ2) is 6.34. The molecule has 1 fully saturated rings. The number of ketones is 1. The first-order chi connectivity index (χ1) is 16.9. The molecule has 8 rings (SSSR count). The van der Waals surface area contributed by atoms with Crippen LogP contribution in [0.3, 0.4) is 0 Å². The van der Waals surface area contributed by atoms with E-state index >= 15 is 0 Å². The third-order valence-corrected chi connectivity index (χ3v) is 9.37. The first-order valence-corrected chi connectivity index (χ1v) is 12.8. The van der Waals surface area contributed by atoms with Crippen molar-refractivity contribution in [1.29, 1.82) is 0 Å². The summed E-state index contributed by atoms with van der Waals surface area (Å²) in [6.45, 7) is 6.73. The fourth-order valence-electron chi connectivity index (χ4n) is 7.64. The lowest BCUT2D eigenvalue weighted by Gasteiger charge is -2.48. The van der Waals surface area contributed by atoms with Crippen molar-refractivity contribution in [2.75, 3.05) is 7.05 Å². The lowest BCUT2D eigenvalue weighted by molar-refractivity contribution is -0.224. The number of para-hydroxylation sites is 1. The minimum absolute atomic E-state index is 0.119. The van der Waals surface area contributed by atoms with Crippen LogP contribution in [0.1, 0.15) is 54.4 Å². The molecule has 5 aromatic rings. The number of carbonyl (C=O) groups is 1. The van der Waals surface area contributed by atoms with Crippen molar-refractivity contribution in [3.63, 3.8) is 0 Å². The summed E-state index contributed by atoms with van der Waals surface area (Å²) in [6.07, 6.45) is 2.17. The van der Waals surface area contributed by atoms with Crippen LogP contribution in [0.4, 0.5) is 0 Å². The van der Waals surface area contributed by atoms with Crippen LogP contribution in [0, 0.1) is 12.8 Å². The van der Waals surface area contributed by atoms with Crippen LogP contribution in [0.25, 0.3) is 43.6 Å². The molecule has 1 N–H and O–H groups in total. The molecule has 5 nitrogen and oxygen atoms in total. The van der Waals surface area contributed by atoms with Gasteiger partial charge in [-0.1, -0.05) is 37.3 Å². The maximum Gasteiger partial charge on any atom is 0.164 e. The predicted octanol–water partition coefficient (Wildman–Crippen LogP) is 6.17. The Morgan fingerprint density at radius 3 is 2.66 bits per heavy atom. The van der Waals surface area contributed by atoms with E-state index in [0.717, 1.165) is 23.8 Å². The fraction of sp³-hybridized carbons (Fsp3) is 0.367. The molecular formula is C30H29N3O2. The van der Waals surface area contributed by atoms with Gasteiger partial charge in [0.1, 0.15) is 12.0 Å². The molecule has 4 atom stereocenters. The largest absolute Gasteiger partial charge is 0.332 e. The van der Waals surface area contributed by atoms with Gasteiger partial charge in [0.2, 0.25) is 0 Å². The maximum absolute atomic E-state index is 13.5. The summed E-state index contributed by atoms with van der Waals surface area (Å²) in [4.78, 5) is 13.5. The summed E-state index contributed by atoms with van der Waals surface area (Å²) in [6, 6.07) is 15.7. The number of Topliss-reactive ketones (excluding diaryl/α,β-unsaturated/α-hetero) is 1. The molecule has 2 bridgehead atoms. The molecule has 0 radical (unpaired) electrons. The molecule has 0 spiro atoms. The zero-order valence-electron chi connectivity index (χ0n) is 20.6. The van der Waals surface area contributed by atoms with Crippen LogP contribution in [-0.2, 0) is 16.9 Å². The highest BCUT2D eigenvalue weighted by molar-refractivity contribution is 6.31. The number of ether oxygens (including phenoxy) is 1. The number of rotatable bonds is 1. The van der Waals surface area contributed by atoms with E-state index in [4.69, 9.17) is 4.74 Å². The Bertz CT molecular complexity index is 1770. The molecule has 3 aliphatic rings. The Labute approximate surface area is 203 Å². The Hall–Kier alpha value is -3.15. The molecule has 35 heavy (non-hydrogen) atoms. The van der Waals surface area contributed by atoms with E-state index in [0.29, 0.717) is 12.5 Å². The summed E-state index contributed by atoms with van der Waals surface area (Å²) in [7, 11) is 2.07. The topological polar surface area (TPSA) is 48.2 Å². The van der Waals surface area contributed by atoms with Crippen molar-refractivity contribution in [3.8, 4) is 0 Å². The molecule has 2 aliphatic heterocycles. The van der Waals surface area contributed by atoms with Gasteiger partial charge in [-0.25, -0.2) is 0 Å². The second-order valence-electron chi connectivity index (χ2n) is 11.0. The molecule has 0 amide bonds. The highest BCUT2D eigenvalue weighted by atomic mass is 16.5. The third kappa shape index (κ3) is 2.17. The summed E-state index contributed by atoms with van der Waals surface area (Å²) < 4.78 is 12.1. The predicted molar refractivity (Wildman–Crippen MR) is 140 cm³/mol. The normalized spacial score (nSPS) is 27.5. The molecule has 1 aliphatic carbocycles. The van der Waals surface area contributed by atoms with Crippen LogP contribution in [0.15, 0.2) is 42.5 Å². The summed E-state index contributed by atoms with van der Waals surface area (Å²) in [5, 5.41) is 8.38. The number of carbonyl (C=O) groups excluding carboxylic acids is 1. The van der Waals surface area contributed by atoms with Gasteiger partial charge in [-0.05, 0) is 50.6 Å². The first-order valence-electron chi connectivity index (χ1n) is 12.8. The molecule has 176 valence electrons. The maximum atomic E-state index is 13.5. The molecule has 0 unspecified atom stereocenters. The van der Waals surface area contributed by atoms with E-state index in [1.165, 1.54) is 49.4 Å². The monoisotopic (exact) mass is 463 g/mol. The lowest BCUT2D eigenvalue weighted by Crippen LogP contribution is -2.54. The van der Waals surface area contributed by atoms with Gasteiger partial charge in [-0.3, -0.25) is 4.79 Å². The van der Waals surface area contributed by atoms with Gasteiger partial charge in [0.05, 0.1) is 22.1 Å². The van der Waals surface area contributed by atoms with Gasteiger partial charge in [0.15, 0.2) is 5.78 Å². The quantitative estimate of drug-likeness (QED) is 0.323. The van der Waals surface area contributed by atoms with Gasteiger partial charge in [0.25, 0.3) is 0 Å². The molecule has 2 aromatic heterocycles. The van der Waals surface area contributed by atoms with Crippen LogP contribution in [-0.4, -0.2) is 28.0 Å². The molecular weight excluding hydrogens is 434 g/mol. The van der Waals surface area contributed by atoms with Gasteiger partial charge < -0.3 is 19.2 Å². The van der Waals surface area contributed by atoms with E-state index in [9.17, 15) is 4.79 Å². The summed E-state index contributed by atoms with van der Waals surface area (Å²) in [5.41, 5.74) is 7.63. The standard InChI is InChI=1S/C30H29N3O2/c1-15-9-10-18-22(13-15)32-24-14-20(31-4)16(2)30(3,35-24)33-21-8-6-5-7-17(21)25-19-11-12-23(34)26(19)27(18)28(32)29(25)33/h5-10,13,16,20,24,31H,11-12,14H2,1-4H3/t16-,20-,24-,30+/m1/s1. The smallest absolute Gasteiger partial charge is 0.164 e. The zero-order valence-corrected chi connectivity index (χ0v) is 20.6. The number of aromatic nitrogens is 2. The van der Waals surface area contributed by atoms with Crippen molar-refractivity contribution in [2.24, 2.45) is 5.92 Å². The number of nitrogens with one attached hydrogen (secondary N) is 1. The Morgan fingerprint density at radius 2 is 1.83 bits per heavy atom. The van der Waals surface area contributed by atoms with E-state index in [2.05, 4.69) is 84.7 Å². The highest BCUT2D eigenvalue weighted by Gasteiger charge is 2.50. The molecule has 0 saturated carbocycles. The van der Waals surface area contributed by atoms with Gasteiger partial charge >= 0.3 is 0 Å². The molecule has 3 aromatic carbocycles. The number of aryl methyl sites for hydroxylation is 2. The van der Waals surface area contributed by atoms with Crippen LogP contribution < -0.4 is 5.32 Å². The van der Waals surface area contributed by atoms with Gasteiger partial charge in [-0.2, -0.15) is 0 Å². The van der Waals surface area contributed by atoms with Gasteiger partial charge in [-0.15, -0.1) is 0 Å². The van der Waals surface area contributed by atoms with Crippen molar-refractivity contribution < 1.29 is 9.53 Å². The number of hydrogen-bond acceptors (Lipinski definition) is 3. The second-order valence-corrected chi connectivity index (χ2v) is 11.0. The average molecular weight is 464 g/mol. The van der Waals surface area contributed by atoms with Crippen LogP contribution >= 0.6 is 0 Å². The average Bonchev–Trinajstić information content (AvgIpc) is 3.48. The van der Waals surface area contributed by atoms with Gasteiger partial charge in [0, 0.05) is 51.9 Å². The molecule has 1 saturated heterocycles. The Balaban J connectivity index is 1.74. The first kappa shape index (κ1) is 20.1. The molecule has 5 heteroatoms. The third-order valence-electron chi connectivity index (χ3n) is 9.37. The van der Waals surface area contributed by atoms with E-state index in [1.54, 1.807) is 0 Å². The van der Waals surface area contributed by atoms with E-state index < -0.39 is 5.72 Å². The van der Waals surface area contributed by atoms with Crippen LogP contribution in [0.2, 0.25) is 0 Å². The Morgan fingerprint density at radius 1 is 1.03 bits per heavy atom. The minimum atomic E-state index is -0.531. The number of hydrogen-bond donors (Lipinski definition) is 1. The van der Waals surface area contributed by atoms with Crippen molar-refractivity contribution in [1.82, 2.24) is 14.5 Å². The SMILES string of the molecule is CN[C@@H]1C[C@H]2O[C@@](C)([C@@H]1C)n1c3ccccc3c3c4c(c5c6ccc(C)cc6n2c5c31)C(=O)CC4. The number of nitrogens with zero attached hydrogens (tertiary/aromatic N) is 2. The fourth-order valence-corrected chi connectivity index (χ4v) is 7.64. The summed E-state index contributed by atoms with van der Waals surface area (Å²) >= 11 is 0. The van der Waals surface area contributed by atoms with E-state index in [-0.39, 0.29) is 17.9 Å². The van der Waals surface area contributed by atoms with Crippen LogP contribution in [0.5, 0.6) is 0 Å². The molecule has 4 heterocycles. The lowest BCUT2D eigenvalue weighted by atomic mass is 9.85. The Kier molecular flexibility index (Phi) is 3.64. The van der Waals surface area contributed by atoms with Crippen molar-refractivity contribution >= 4 is 49.4 Å². The van der Waals surface area contributed by atoms with Crippen molar-refractivity contribution in [2.45, 2.75) is 58.0 Å². The minimum Gasteiger partial charge on any atom is -0.332 e. The number of benzene rings is 3. The zero-order chi connectivity index (χ0) is 23.8. The van der Waals surface area contributed by atoms with Crippen molar-refractivity contribution in [3.05, 3.63) is 59.2 Å². The highest BCUT2D eigenvalue weighted by Crippen LogP contribution is 2.55. The number of fused-ring (bicyclic) bond motifs is 13.